The summed E-state index contributed by atoms with van der Waals surface area (Å²) in [5.74, 6) is -1.50. The highest BCUT2D eigenvalue weighted by Gasteiger charge is 2.52. The van der Waals surface area contributed by atoms with Crippen molar-refractivity contribution in [1.29, 1.82) is 0 Å². The van der Waals surface area contributed by atoms with E-state index in [1.165, 1.54) is 7.05 Å². The van der Waals surface area contributed by atoms with E-state index in [4.69, 9.17) is 10.5 Å². The molecule has 1 aromatic heterocycles. The summed E-state index contributed by atoms with van der Waals surface area (Å²) >= 11 is 0. The lowest BCUT2D eigenvalue weighted by molar-refractivity contribution is -0.145. The van der Waals surface area contributed by atoms with Crippen LogP contribution in [0.2, 0.25) is 0 Å². The predicted octanol–water partition coefficient (Wildman–Crippen LogP) is 1.64. The van der Waals surface area contributed by atoms with Crippen LogP contribution in [0.15, 0.2) is 70.3 Å². The van der Waals surface area contributed by atoms with Gasteiger partial charge in [0.25, 0.3) is 5.56 Å². The minimum Gasteiger partial charge on any atom is -0.457 e. The summed E-state index contributed by atoms with van der Waals surface area (Å²) in [6, 6.07) is 18.3. The van der Waals surface area contributed by atoms with Crippen LogP contribution in [0.1, 0.15) is 34.3 Å². The molecule has 8 heteroatoms. The van der Waals surface area contributed by atoms with Crippen molar-refractivity contribution in [1.82, 2.24) is 9.13 Å². The molecule has 0 atom stereocenters. The van der Waals surface area contributed by atoms with E-state index in [2.05, 4.69) is 0 Å². The lowest BCUT2D eigenvalue weighted by Gasteiger charge is -2.16. The van der Waals surface area contributed by atoms with E-state index in [9.17, 15) is 19.2 Å². The Balaban J connectivity index is 1.58. The first kappa shape index (κ1) is 21.3. The number of esters is 1. The first-order chi connectivity index (χ1) is 15.3. The number of Topliss-reactive ketones (excluding diaryl/α,β-unsaturated/α-hetero) is 1. The minimum absolute atomic E-state index is 0.0941. The van der Waals surface area contributed by atoms with E-state index in [1.807, 2.05) is 48.5 Å². The number of ether oxygens (including phenoxy) is 1. The molecule has 1 aliphatic rings. The van der Waals surface area contributed by atoms with Gasteiger partial charge in [0.1, 0.15) is 11.4 Å². The second kappa shape index (κ2) is 8.30. The van der Waals surface area contributed by atoms with Gasteiger partial charge >= 0.3 is 11.7 Å². The van der Waals surface area contributed by atoms with Crippen LogP contribution in [0.3, 0.4) is 0 Å². The molecule has 0 spiro atoms. The highest BCUT2D eigenvalue weighted by molar-refractivity contribution is 6.01. The van der Waals surface area contributed by atoms with Crippen LogP contribution in [0.5, 0.6) is 0 Å². The second-order valence-electron chi connectivity index (χ2n) is 7.93. The van der Waals surface area contributed by atoms with Crippen molar-refractivity contribution in [2.75, 3.05) is 12.3 Å². The van der Waals surface area contributed by atoms with E-state index in [-0.39, 0.29) is 17.9 Å². The normalized spacial score (nSPS) is 14.0. The summed E-state index contributed by atoms with van der Waals surface area (Å²) in [5.41, 5.74) is 5.15. The number of hydrogen-bond donors (Lipinski definition) is 1. The Hall–Kier alpha value is -3.94. The summed E-state index contributed by atoms with van der Waals surface area (Å²) in [6.07, 6.45) is 1.27. The van der Waals surface area contributed by atoms with Crippen LogP contribution in [0.25, 0.3) is 0 Å². The van der Waals surface area contributed by atoms with Gasteiger partial charge in [-0.1, -0.05) is 60.7 Å². The molecule has 0 bridgehead atoms. The summed E-state index contributed by atoms with van der Waals surface area (Å²) in [4.78, 5) is 50.8. The zero-order valence-corrected chi connectivity index (χ0v) is 17.6. The fraction of sp³-hybridized carbons (Fsp3) is 0.250. The molecular weight excluding hydrogens is 410 g/mol. The Morgan fingerprint density at radius 1 is 1.00 bits per heavy atom. The van der Waals surface area contributed by atoms with Gasteiger partial charge in [0.2, 0.25) is 5.78 Å². The Morgan fingerprint density at radius 3 is 2.19 bits per heavy atom. The van der Waals surface area contributed by atoms with Gasteiger partial charge in [-0.3, -0.25) is 23.5 Å². The predicted molar refractivity (Wildman–Crippen MR) is 119 cm³/mol. The summed E-state index contributed by atoms with van der Waals surface area (Å²) in [7, 11) is 1.28. The lowest BCUT2D eigenvalue weighted by Crippen LogP contribution is -2.43. The molecule has 0 aliphatic heterocycles. The number of benzene rings is 2. The number of rotatable bonds is 7. The van der Waals surface area contributed by atoms with Crippen LogP contribution >= 0.6 is 0 Å². The van der Waals surface area contributed by atoms with Gasteiger partial charge in [0.15, 0.2) is 6.61 Å². The first-order valence-corrected chi connectivity index (χ1v) is 10.2. The SMILES string of the molecule is Cn1c(=O)c(C(=O)COC(=O)C2(c3ccccc3)CC2)c(N)n(Cc2ccccc2)c1=O. The highest BCUT2D eigenvalue weighted by Crippen LogP contribution is 2.49. The maximum Gasteiger partial charge on any atom is 0.332 e. The average Bonchev–Trinajstić information content (AvgIpc) is 3.62. The van der Waals surface area contributed by atoms with Crippen molar-refractivity contribution >= 4 is 17.6 Å². The molecule has 1 saturated carbocycles. The van der Waals surface area contributed by atoms with Crippen molar-refractivity contribution < 1.29 is 14.3 Å². The highest BCUT2D eigenvalue weighted by atomic mass is 16.5. The van der Waals surface area contributed by atoms with Crippen LogP contribution in [0, 0.1) is 0 Å². The van der Waals surface area contributed by atoms with Crippen molar-refractivity contribution in [3.8, 4) is 0 Å². The number of aromatic nitrogens is 2. The summed E-state index contributed by atoms with van der Waals surface area (Å²) in [5, 5.41) is 0. The number of nitrogens with zero attached hydrogens (tertiary/aromatic N) is 2. The molecule has 8 nitrogen and oxygen atoms in total. The quantitative estimate of drug-likeness (QED) is 0.448. The standard InChI is InChI=1S/C24H23N3O5/c1-26-21(29)19(20(25)27(23(26)31)14-16-8-4-2-5-9-16)18(28)15-32-22(30)24(12-13-24)17-10-6-3-7-11-17/h2-11H,12-15,25H2,1H3. The molecule has 2 aromatic carbocycles. The zero-order chi connectivity index (χ0) is 22.9. The average molecular weight is 433 g/mol. The number of nitrogen functional groups attached to an aromatic ring is 1. The number of anilines is 1. The smallest absolute Gasteiger partial charge is 0.332 e. The fourth-order valence-corrected chi connectivity index (χ4v) is 3.80. The molecule has 3 aromatic rings. The topological polar surface area (TPSA) is 113 Å². The molecule has 164 valence electrons. The number of hydrogen-bond acceptors (Lipinski definition) is 6. The first-order valence-electron chi connectivity index (χ1n) is 10.2. The molecule has 0 saturated heterocycles. The molecular formula is C24H23N3O5. The van der Waals surface area contributed by atoms with Crippen molar-refractivity contribution in [3.63, 3.8) is 0 Å². The van der Waals surface area contributed by atoms with Crippen molar-refractivity contribution in [3.05, 3.63) is 98.2 Å². The Kier molecular flexibility index (Phi) is 5.52. The molecule has 1 aliphatic carbocycles. The largest absolute Gasteiger partial charge is 0.457 e. The molecule has 32 heavy (non-hydrogen) atoms. The van der Waals surface area contributed by atoms with Gasteiger partial charge in [-0.25, -0.2) is 4.79 Å². The number of carbonyl (C=O) groups is 2. The summed E-state index contributed by atoms with van der Waals surface area (Å²) < 4.78 is 7.30. The van der Waals surface area contributed by atoms with Crippen molar-refractivity contribution in [2.45, 2.75) is 24.8 Å². The van der Waals surface area contributed by atoms with Gasteiger partial charge in [0, 0.05) is 7.05 Å². The monoisotopic (exact) mass is 433 g/mol. The molecule has 1 fully saturated rings. The van der Waals surface area contributed by atoms with Crippen LogP contribution in [-0.4, -0.2) is 27.5 Å². The van der Waals surface area contributed by atoms with E-state index in [0.29, 0.717) is 12.8 Å². The fourth-order valence-electron chi connectivity index (χ4n) is 3.80. The van der Waals surface area contributed by atoms with Gasteiger partial charge in [-0.15, -0.1) is 0 Å². The maximum atomic E-state index is 12.9. The third-order valence-electron chi connectivity index (χ3n) is 5.85. The molecule has 0 unspecified atom stereocenters. The van der Waals surface area contributed by atoms with Gasteiger partial charge in [-0.2, -0.15) is 0 Å². The van der Waals surface area contributed by atoms with Gasteiger partial charge in [0.05, 0.1) is 12.0 Å². The molecule has 0 radical (unpaired) electrons. The molecule has 2 N–H and O–H groups in total. The number of carbonyl (C=O) groups excluding carboxylic acids is 2. The molecule has 0 amide bonds. The van der Waals surface area contributed by atoms with E-state index in [1.54, 1.807) is 12.1 Å². The van der Waals surface area contributed by atoms with Gasteiger partial charge in [-0.05, 0) is 24.0 Å². The third-order valence-corrected chi connectivity index (χ3v) is 5.85. The molecule has 4 rings (SSSR count). The zero-order valence-electron chi connectivity index (χ0n) is 17.6. The number of nitrogens with two attached hydrogens (primary N) is 1. The minimum atomic E-state index is -0.818. The molecule has 1 heterocycles. The van der Waals surface area contributed by atoms with Crippen LogP contribution in [0.4, 0.5) is 5.82 Å². The van der Waals surface area contributed by atoms with Gasteiger partial charge < -0.3 is 10.5 Å². The van der Waals surface area contributed by atoms with E-state index in [0.717, 1.165) is 20.3 Å². The van der Waals surface area contributed by atoms with Crippen LogP contribution in [-0.2, 0) is 28.5 Å². The maximum absolute atomic E-state index is 12.9. The second-order valence-corrected chi connectivity index (χ2v) is 7.93. The van der Waals surface area contributed by atoms with Crippen LogP contribution < -0.4 is 17.0 Å². The Bertz CT molecular complexity index is 1290. The van der Waals surface area contributed by atoms with E-state index < -0.39 is 35.0 Å². The Morgan fingerprint density at radius 2 is 1.59 bits per heavy atom. The lowest BCUT2D eigenvalue weighted by atomic mass is 9.96. The Labute approximate surface area is 183 Å². The third kappa shape index (κ3) is 3.75. The van der Waals surface area contributed by atoms with Crippen molar-refractivity contribution in [2.24, 2.45) is 7.05 Å². The van der Waals surface area contributed by atoms with E-state index >= 15 is 0 Å². The summed E-state index contributed by atoms with van der Waals surface area (Å²) in [6.45, 7) is -0.535. The number of ketones is 1.